The summed E-state index contributed by atoms with van der Waals surface area (Å²) in [5.74, 6) is -0.206. The lowest BCUT2D eigenvalue weighted by molar-refractivity contribution is -0.146. The molecule has 2 fully saturated rings. The lowest BCUT2D eigenvalue weighted by Crippen LogP contribution is -2.52. The highest BCUT2D eigenvalue weighted by Crippen LogP contribution is 2.37. The molecule has 0 saturated carbocycles. The number of aromatic nitrogens is 1. The van der Waals surface area contributed by atoms with E-state index < -0.39 is 0 Å². The van der Waals surface area contributed by atoms with Gasteiger partial charge in [0.25, 0.3) is 5.91 Å². The maximum absolute atomic E-state index is 13.9. The number of pyridine rings is 1. The van der Waals surface area contributed by atoms with Crippen LogP contribution in [0.5, 0.6) is 0 Å². The van der Waals surface area contributed by atoms with Gasteiger partial charge in [0.2, 0.25) is 5.91 Å². The van der Waals surface area contributed by atoms with Crippen LogP contribution in [0.3, 0.4) is 0 Å². The van der Waals surface area contributed by atoms with Gasteiger partial charge in [-0.3, -0.25) is 14.6 Å². The number of hydrogen-bond acceptors (Lipinski definition) is 4. The van der Waals surface area contributed by atoms with Crippen LogP contribution >= 0.6 is 0 Å². The number of ether oxygens (including phenoxy) is 1. The summed E-state index contributed by atoms with van der Waals surface area (Å²) < 4.78 is 20.0. The van der Waals surface area contributed by atoms with Crippen LogP contribution in [0, 0.1) is 11.7 Å². The molecule has 1 unspecified atom stereocenters. The van der Waals surface area contributed by atoms with Crippen LogP contribution in [0.1, 0.15) is 41.7 Å². The summed E-state index contributed by atoms with van der Waals surface area (Å²) in [7, 11) is 0. The fraction of sp³-hybridized carbons (Fsp3) is 0.458. The predicted molar refractivity (Wildman–Crippen MR) is 114 cm³/mol. The van der Waals surface area contributed by atoms with Gasteiger partial charge in [0, 0.05) is 32.4 Å². The monoisotopic (exact) mass is 425 g/mol. The molecular weight excluding hydrogens is 397 g/mol. The van der Waals surface area contributed by atoms with E-state index >= 15 is 0 Å². The summed E-state index contributed by atoms with van der Waals surface area (Å²) in [5, 5.41) is 2.99. The number of carbonyl (C=O) groups excluding carboxylic acids is 2. The van der Waals surface area contributed by atoms with Crippen LogP contribution in [-0.4, -0.2) is 53.5 Å². The molecule has 0 aliphatic carbocycles. The number of rotatable bonds is 5. The Bertz CT molecular complexity index is 913. The minimum absolute atomic E-state index is 0.0464. The van der Waals surface area contributed by atoms with Crippen molar-refractivity contribution in [2.75, 3.05) is 26.2 Å². The van der Waals surface area contributed by atoms with Crippen LogP contribution in [0.2, 0.25) is 0 Å². The zero-order chi connectivity index (χ0) is 21.7. The number of piperidine rings is 1. The van der Waals surface area contributed by atoms with Crippen LogP contribution in [-0.2, 0) is 16.0 Å². The molecular formula is C24H28FN3O3. The molecule has 1 aromatic heterocycles. The number of amides is 2. The van der Waals surface area contributed by atoms with E-state index in [9.17, 15) is 14.0 Å². The molecule has 164 valence electrons. The number of likely N-dealkylation sites (tertiary alicyclic amines) is 1. The first-order chi connectivity index (χ1) is 15.0. The van der Waals surface area contributed by atoms with E-state index in [1.54, 1.807) is 42.6 Å². The van der Waals surface area contributed by atoms with Crippen molar-refractivity contribution < 1.29 is 18.7 Å². The fourth-order valence-corrected chi connectivity index (χ4v) is 4.56. The van der Waals surface area contributed by atoms with E-state index in [-0.39, 0.29) is 29.7 Å². The summed E-state index contributed by atoms with van der Waals surface area (Å²) in [6.07, 6.45) is 4.99. The molecule has 1 atom stereocenters. The summed E-state index contributed by atoms with van der Waals surface area (Å²) in [5.41, 5.74) is 0.615. The lowest BCUT2D eigenvalue weighted by Gasteiger charge is -2.46. The van der Waals surface area contributed by atoms with E-state index in [0.29, 0.717) is 43.4 Å². The summed E-state index contributed by atoms with van der Waals surface area (Å²) in [6.45, 7) is 2.48. The highest BCUT2D eigenvalue weighted by atomic mass is 19.1. The van der Waals surface area contributed by atoms with Crippen molar-refractivity contribution in [1.82, 2.24) is 15.2 Å². The average molecular weight is 426 g/mol. The molecule has 1 spiro atoms. The molecule has 2 aliphatic rings. The maximum Gasteiger partial charge on any atom is 0.269 e. The Morgan fingerprint density at radius 1 is 1.16 bits per heavy atom. The SMILES string of the molecule is O=C(NCC1CCOC2(CCN(C(=O)Cc3ccccc3F)CC2)C1)c1ccccn1. The molecule has 4 rings (SSSR count). The van der Waals surface area contributed by atoms with E-state index in [2.05, 4.69) is 10.3 Å². The first kappa shape index (κ1) is 21.4. The number of hydrogen-bond donors (Lipinski definition) is 1. The Morgan fingerprint density at radius 2 is 1.94 bits per heavy atom. The van der Waals surface area contributed by atoms with Gasteiger partial charge in [0.1, 0.15) is 11.5 Å². The molecule has 1 N–H and O–H groups in total. The van der Waals surface area contributed by atoms with Gasteiger partial charge in [-0.05, 0) is 55.4 Å². The third-order valence-electron chi connectivity index (χ3n) is 6.37. The van der Waals surface area contributed by atoms with E-state index in [1.165, 1.54) is 6.07 Å². The molecule has 7 heteroatoms. The lowest BCUT2D eigenvalue weighted by atomic mass is 9.79. The Morgan fingerprint density at radius 3 is 2.68 bits per heavy atom. The van der Waals surface area contributed by atoms with Gasteiger partial charge in [-0.25, -0.2) is 4.39 Å². The highest BCUT2D eigenvalue weighted by Gasteiger charge is 2.41. The highest BCUT2D eigenvalue weighted by molar-refractivity contribution is 5.92. The number of nitrogens with one attached hydrogen (secondary N) is 1. The van der Waals surface area contributed by atoms with Crippen molar-refractivity contribution in [3.63, 3.8) is 0 Å². The fourth-order valence-electron chi connectivity index (χ4n) is 4.56. The second kappa shape index (κ2) is 9.56. The second-order valence-electron chi connectivity index (χ2n) is 8.46. The Kier molecular flexibility index (Phi) is 6.61. The molecule has 1 aromatic carbocycles. The second-order valence-corrected chi connectivity index (χ2v) is 8.46. The molecule has 6 nitrogen and oxygen atoms in total. The molecule has 2 aliphatic heterocycles. The van der Waals surface area contributed by atoms with Gasteiger partial charge in [-0.2, -0.15) is 0 Å². The maximum atomic E-state index is 13.9. The molecule has 2 saturated heterocycles. The zero-order valence-electron chi connectivity index (χ0n) is 17.6. The molecule has 2 aromatic rings. The molecule has 0 radical (unpaired) electrons. The molecule has 2 amide bonds. The summed E-state index contributed by atoms with van der Waals surface area (Å²) in [4.78, 5) is 30.8. The van der Waals surface area contributed by atoms with E-state index in [4.69, 9.17) is 4.74 Å². The van der Waals surface area contributed by atoms with E-state index in [1.807, 2.05) is 4.90 Å². The number of carbonyl (C=O) groups is 2. The van der Waals surface area contributed by atoms with Crippen LogP contribution in [0.4, 0.5) is 4.39 Å². The third kappa shape index (κ3) is 5.28. The molecule has 3 heterocycles. The van der Waals surface area contributed by atoms with Crippen molar-refractivity contribution in [3.8, 4) is 0 Å². The van der Waals surface area contributed by atoms with Gasteiger partial charge in [-0.15, -0.1) is 0 Å². The van der Waals surface area contributed by atoms with Crippen molar-refractivity contribution in [2.45, 2.75) is 37.7 Å². The standard InChI is InChI=1S/C24H28FN3O3/c25-20-6-2-1-5-19(20)15-22(29)28-12-9-24(10-13-28)16-18(8-14-31-24)17-27-23(30)21-7-3-4-11-26-21/h1-7,11,18H,8-10,12-17H2,(H,27,30). The Hall–Kier alpha value is -2.80. The average Bonchev–Trinajstić information content (AvgIpc) is 2.80. The Balaban J connectivity index is 1.27. The van der Waals surface area contributed by atoms with Gasteiger partial charge in [0.15, 0.2) is 0 Å². The smallest absolute Gasteiger partial charge is 0.269 e. The minimum atomic E-state index is -0.337. The van der Waals surface area contributed by atoms with Crippen LogP contribution in [0.25, 0.3) is 0 Å². The third-order valence-corrected chi connectivity index (χ3v) is 6.37. The van der Waals surface area contributed by atoms with Gasteiger partial charge >= 0.3 is 0 Å². The minimum Gasteiger partial charge on any atom is -0.375 e. The van der Waals surface area contributed by atoms with Gasteiger partial charge in [-0.1, -0.05) is 24.3 Å². The summed E-state index contributed by atoms with van der Waals surface area (Å²) >= 11 is 0. The largest absolute Gasteiger partial charge is 0.375 e. The van der Waals surface area contributed by atoms with Gasteiger partial charge in [0.05, 0.1) is 12.0 Å². The topological polar surface area (TPSA) is 71.5 Å². The van der Waals surface area contributed by atoms with Crippen LogP contribution in [0.15, 0.2) is 48.7 Å². The molecule has 0 bridgehead atoms. The van der Waals surface area contributed by atoms with Crippen molar-refractivity contribution >= 4 is 11.8 Å². The van der Waals surface area contributed by atoms with Crippen LogP contribution < -0.4 is 5.32 Å². The summed E-state index contributed by atoms with van der Waals surface area (Å²) in [6, 6.07) is 11.7. The normalized spacial score (nSPS) is 20.4. The number of nitrogens with zero attached hydrogens (tertiary/aromatic N) is 2. The van der Waals surface area contributed by atoms with Crippen molar-refractivity contribution in [1.29, 1.82) is 0 Å². The zero-order valence-corrected chi connectivity index (χ0v) is 17.6. The molecule has 31 heavy (non-hydrogen) atoms. The van der Waals surface area contributed by atoms with Crippen molar-refractivity contribution in [3.05, 3.63) is 65.7 Å². The first-order valence-corrected chi connectivity index (χ1v) is 10.9. The number of halogens is 1. The Labute approximate surface area is 181 Å². The first-order valence-electron chi connectivity index (χ1n) is 10.9. The number of benzene rings is 1. The quantitative estimate of drug-likeness (QED) is 0.800. The van der Waals surface area contributed by atoms with Gasteiger partial charge < -0.3 is 15.0 Å². The predicted octanol–water partition coefficient (Wildman–Crippen LogP) is 2.98. The van der Waals surface area contributed by atoms with E-state index in [0.717, 1.165) is 25.7 Å². The van der Waals surface area contributed by atoms with Crippen molar-refractivity contribution in [2.24, 2.45) is 5.92 Å².